The molecule has 0 spiro atoms. The normalized spacial score (nSPS) is 19.3. The van der Waals surface area contributed by atoms with Crippen LogP contribution < -0.4 is 16.0 Å². The van der Waals surface area contributed by atoms with Crippen molar-refractivity contribution in [2.45, 2.75) is 19.0 Å². The molecule has 8 nitrogen and oxygen atoms in total. The fourth-order valence-corrected chi connectivity index (χ4v) is 3.56. The van der Waals surface area contributed by atoms with Gasteiger partial charge in [0.15, 0.2) is 0 Å². The molecule has 2 aliphatic heterocycles. The van der Waals surface area contributed by atoms with Crippen molar-refractivity contribution in [1.82, 2.24) is 10.2 Å². The van der Waals surface area contributed by atoms with Gasteiger partial charge in [-0.1, -0.05) is 24.3 Å². The number of benzene rings is 2. The number of carbonyl (C=O) groups is 3. The zero-order valence-corrected chi connectivity index (χ0v) is 16.5. The number of para-hydroxylation sites is 1. The van der Waals surface area contributed by atoms with Gasteiger partial charge in [0, 0.05) is 25.3 Å². The van der Waals surface area contributed by atoms with Gasteiger partial charge < -0.3 is 20.7 Å². The van der Waals surface area contributed by atoms with Gasteiger partial charge in [0.05, 0.1) is 30.9 Å². The first kappa shape index (κ1) is 20.1. The minimum Gasteiger partial charge on any atom is -0.379 e. The number of amides is 3. The second-order valence-corrected chi connectivity index (χ2v) is 7.40. The number of ether oxygens (including phenoxy) is 1. The maximum absolute atomic E-state index is 12.5. The summed E-state index contributed by atoms with van der Waals surface area (Å²) < 4.78 is 5.36. The number of nitrogens with zero attached hydrogens (tertiary/aromatic N) is 1. The number of hydrogen-bond donors (Lipinski definition) is 3. The van der Waals surface area contributed by atoms with Crippen molar-refractivity contribution in [1.29, 1.82) is 0 Å². The summed E-state index contributed by atoms with van der Waals surface area (Å²) in [5.41, 5.74) is 2.63. The molecule has 2 aromatic carbocycles. The first-order valence-corrected chi connectivity index (χ1v) is 9.98. The minimum absolute atomic E-state index is 0.152. The van der Waals surface area contributed by atoms with Gasteiger partial charge in [-0.25, -0.2) is 0 Å². The SMILES string of the molecule is O=C(C[C@@H]1NC(=O)c2ccccc2NC1=O)Nc1ccc(CN2CCOCC2)cc1. The van der Waals surface area contributed by atoms with Crippen LogP contribution >= 0.6 is 0 Å². The average Bonchev–Trinajstić information content (AvgIpc) is 2.86. The van der Waals surface area contributed by atoms with Crippen molar-refractivity contribution in [2.75, 3.05) is 36.9 Å². The number of hydrogen-bond acceptors (Lipinski definition) is 5. The van der Waals surface area contributed by atoms with Crippen LogP contribution in [0.25, 0.3) is 0 Å². The maximum atomic E-state index is 12.5. The lowest BCUT2D eigenvalue weighted by molar-refractivity contribution is -0.122. The van der Waals surface area contributed by atoms with E-state index in [2.05, 4.69) is 20.9 Å². The Labute approximate surface area is 174 Å². The molecule has 3 N–H and O–H groups in total. The van der Waals surface area contributed by atoms with E-state index in [9.17, 15) is 14.4 Å². The van der Waals surface area contributed by atoms with Crippen LogP contribution in [-0.2, 0) is 20.9 Å². The minimum atomic E-state index is -0.939. The molecule has 0 bridgehead atoms. The fraction of sp³-hybridized carbons (Fsp3) is 0.318. The van der Waals surface area contributed by atoms with E-state index in [0.29, 0.717) is 16.9 Å². The number of nitrogens with one attached hydrogen (secondary N) is 3. The highest BCUT2D eigenvalue weighted by molar-refractivity contribution is 6.11. The Morgan fingerprint density at radius 1 is 1.07 bits per heavy atom. The molecule has 30 heavy (non-hydrogen) atoms. The van der Waals surface area contributed by atoms with Crippen molar-refractivity contribution in [3.8, 4) is 0 Å². The Morgan fingerprint density at radius 3 is 2.57 bits per heavy atom. The maximum Gasteiger partial charge on any atom is 0.254 e. The largest absolute Gasteiger partial charge is 0.379 e. The topological polar surface area (TPSA) is 99.8 Å². The van der Waals surface area contributed by atoms with Gasteiger partial charge in [-0.3, -0.25) is 19.3 Å². The monoisotopic (exact) mass is 408 g/mol. The molecule has 1 saturated heterocycles. The summed E-state index contributed by atoms with van der Waals surface area (Å²) in [5, 5.41) is 8.12. The lowest BCUT2D eigenvalue weighted by Gasteiger charge is -2.26. The van der Waals surface area contributed by atoms with Gasteiger partial charge in [-0.05, 0) is 29.8 Å². The fourth-order valence-electron chi connectivity index (χ4n) is 3.56. The quantitative estimate of drug-likeness (QED) is 0.698. The van der Waals surface area contributed by atoms with Crippen molar-refractivity contribution in [2.24, 2.45) is 0 Å². The van der Waals surface area contributed by atoms with E-state index in [4.69, 9.17) is 4.74 Å². The molecule has 2 aliphatic rings. The van der Waals surface area contributed by atoms with Gasteiger partial charge in [0.2, 0.25) is 11.8 Å². The molecule has 0 radical (unpaired) electrons. The van der Waals surface area contributed by atoms with Gasteiger partial charge in [-0.2, -0.15) is 0 Å². The van der Waals surface area contributed by atoms with Crippen molar-refractivity contribution in [3.05, 3.63) is 59.7 Å². The van der Waals surface area contributed by atoms with E-state index < -0.39 is 11.9 Å². The molecular formula is C22H24N4O4. The molecule has 1 atom stereocenters. The van der Waals surface area contributed by atoms with E-state index in [1.165, 1.54) is 0 Å². The van der Waals surface area contributed by atoms with Gasteiger partial charge in [-0.15, -0.1) is 0 Å². The Morgan fingerprint density at radius 2 is 1.80 bits per heavy atom. The molecule has 2 heterocycles. The molecule has 8 heteroatoms. The van der Waals surface area contributed by atoms with E-state index in [1.54, 1.807) is 24.3 Å². The van der Waals surface area contributed by atoms with E-state index in [-0.39, 0.29) is 18.2 Å². The summed E-state index contributed by atoms with van der Waals surface area (Å²) in [6.45, 7) is 4.18. The smallest absolute Gasteiger partial charge is 0.254 e. The van der Waals surface area contributed by atoms with E-state index in [1.807, 2.05) is 24.3 Å². The molecule has 1 fully saturated rings. The summed E-state index contributed by atoms with van der Waals surface area (Å²) in [6.07, 6.45) is -0.152. The van der Waals surface area contributed by atoms with Crippen LogP contribution in [0.15, 0.2) is 48.5 Å². The molecule has 0 unspecified atom stereocenters. The summed E-state index contributed by atoms with van der Waals surface area (Å²) in [7, 11) is 0. The average molecular weight is 408 g/mol. The van der Waals surface area contributed by atoms with Crippen molar-refractivity contribution >= 4 is 29.1 Å². The summed E-state index contributed by atoms with van der Waals surface area (Å²) in [4.78, 5) is 39.6. The molecule has 156 valence electrons. The van der Waals surface area contributed by atoms with Crippen LogP contribution in [0.5, 0.6) is 0 Å². The number of fused-ring (bicyclic) bond motifs is 1. The van der Waals surface area contributed by atoms with E-state index in [0.717, 1.165) is 38.4 Å². The van der Waals surface area contributed by atoms with Gasteiger partial charge in [0.1, 0.15) is 6.04 Å². The number of anilines is 2. The Balaban J connectivity index is 1.33. The lowest BCUT2D eigenvalue weighted by Crippen LogP contribution is -2.43. The molecule has 3 amide bonds. The molecule has 0 aliphatic carbocycles. The highest BCUT2D eigenvalue weighted by Crippen LogP contribution is 2.19. The Bertz CT molecular complexity index is 938. The standard InChI is InChI=1S/C22H24N4O4/c27-20(13-19-22(29)24-18-4-2-1-3-17(18)21(28)25-19)23-16-7-5-15(6-8-16)14-26-9-11-30-12-10-26/h1-8,19H,9-14H2,(H,23,27)(H,24,29)(H,25,28)/t19-/m0/s1. The van der Waals surface area contributed by atoms with Gasteiger partial charge >= 0.3 is 0 Å². The molecular weight excluding hydrogens is 384 g/mol. The van der Waals surface area contributed by atoms with Crippen molar-refractivity contribution in [3.63, 3.8) is 0 Å². The second kappa shape index (κ2) is 9.06. The molecule has 4 rings (SSSR count). The van der Waals surface area contributed by atoms with E-state index >= 15 is 0 Å². The number of morpholine rings is 1. The lowest BCUT2D eigenvalue weighted by atomic mass is 10.1. The third-order valence-corrected chi connectivity index (χ3v) is 5.19. The predicted molar refractivity (Wildman–Crippen MR) is 112 cm³/mol. The van der Waals surface area contributed by atoms with Crippen LogP contribution in [0.4, 0.5) is 11.4 Å². The zero-order chi connectivity index (χ0) is 20.9. The van der Waals surface area contributed by atoms with Crippen LogP contribution in [0.3, 0.4) is 0 Å². The Kier molecular flexibility index (Phi) is 6.06. The molecule has 0 aromatic heterocycles. The predicted octanol–water partition coefficient (Wildman–Crippen LogP) is 1.60. The number of rotatable bonds is 5. The molecule has 2 aromatic rings. The first-order chi connectivity index (χ1) is 14.6. The van der Waals surface area contributed by atoms with Gasteiger partial charge in [0.25, 0.3) is 5.91 Å². The Hall–Kier alpha value is -3.23. The van der Waals surface area contributed by atoms with Crippen LogP contribution in [0.1, 0.15) is 22.3 Å². The third kappa shape index (κ3) is 4.84. The summed E-state index contributed by atoms with van der Waals surface area (Å²) >= 11 is 0. The zero-order valence-electron chi connectivity index (χ0n) is 16.5. The summed E-state index contributed by atoms with van der Waals surface area (Å²) in [5.74, 6) is -1.14. The third-order valence-electron chi connectivity index (χ3n) is 5.19. The highest BCUT2D eigenvalue weighted by atomic mass is 16.5. The van der Waals surface area contributed by atoms with Crippen molar-refractivity contribution < 1.29 is 19.1 Å². The summed E-state index contributed by atoms with van der Waals surface area (Å²) in [6, 6.07) is 13.4. The molecule has 0 saturated carbocycles. The highest BCUT2D eigenvalue weighted by Gasteiger charge is 2.29. The number of carbonyl (C=O) groups excluding carboxylic acids is 3. The first-order valence-electron chi connectivity index (χ1n) is 9.98. The van der Waals surface area contributed by atoms with Crippen LogP contribution in [0, 0.1) is 0 Å². The second-order valence-electron chi connectivity index (χ2n) is 7.40. The van der Waals surface area contributed by atoms with Crippen LogP contribution in [-0.4, -0.2) is 55.0 Å². The van der Waals surface area contributed by atoms with Crippen LogP contribution in [0.2, 0.25) is 0 Å².